The van der Waals surface area contributed by atoms with Gasteiger partial charge in [-0.15, -0.1) is 16.8 Å². The maximum absolute atomic E-state index is 7.82. The van der Waals surface area contributed by atoms with E-state index >= 15 is 0 Å². The van der Waals surface area contributed by atoms with Crippen LogP contribution in [0.2, 0.25) is 0 Å². The van der Waals surface area contributed by atoms with Crippen LogP contribution in [0.25, 0.3) is 0 Å². The van der Waals surface area contributed by atoms with Gasteiger partial charge in [-0.2, -0.15) is 0 Å². The molecule has 0 spiro atoms. The monoisotopic (exact) mass is 145 g/mol. The second-order valence-electron chi connectivity index (χ2n) is 1.13. The van der Waals surface area contributed by atoms with Gasteiger partial charge >= 0.3 is 29.6 Å². The molecular weight excluding hydrogens is 136 g/mol. The summed E-state index contributed by atoms with van der Waals surface area (Å²) in [5.41, 5.74) is 0. The minimum absolute atomic E-state index is 0. The molecule has 1 N–H and O–H groups in total. The van der Waals surface area contributed by atoms with Gasteiger partial charge in [0.1, 0.15) is 0 Å². The number of hydrogen-bond donors (Lipinski definition) is 1. The normalized spacial score (nSPS) is 9.12. The Hall–Kier alpha value is 0.760. The zero-order valence-corrected chi connectivity index (χ0v) is 7.73. The summed E-state index contributed by atoms with van der Waals surface area (Å²) in [7, 11) is 0. The van der Waals surface area contributed by atoms with Crippen molar-refractivity contribution in [2.75, 3.05) is 5.88 Å². The van der Waals surface area contributed by atoms with E-state index in [0.717, 1.165) is 12.8 Å². The van der Waals surface area contributed by atoms with Crippen molar-refractivity contribution >= 4 is 17.8 Å². The van der Waals surface area contributed by atoms with Crippen LogP contribution in [-0.4, -0.2) is 17.3 Å². The molecule has 0 aromatic heterocycles. The molecule has 0 fully saturated rings. The van der Waals surface area contributed by atoms with E-state index in [2.05, 4.69) is 5.16 Å². The molecule has 4 heteroatoms. The molecule has 0 unspecified atom stereocenters. The van der Waals surface area contributed by atoms with E-state index < -0.39 is 0 Å². The summed E-state index contributed by atoms with van der Waals surface area (Å²) in [6.45, 7) is 0. The van der Waals surface area contributed by atoms with E-state index in [-0.39, 0.29) is 31.0 Å². The molecule has 0 radical (unpaired) electrons. The SMILES string of the molecule is ON=CCCCCl.[H-].[Na+]. The fourth-order valence-corrected chi connectivity index (χ4v) is 0.380. The summed E-state index contributed by atoms with van der Waals surface area (Å²) >= 11 is 5.29. The van der Waals surface area contributed by atoms with Crippen LogP contribution >= 0.6 is 11.6 Å². The second-order valence-corrected chi connectivity index (χ2v) is 1.51. The quantitative estimate of drug-likeness (QED) is 0.130. The third kappa shape index (κ3) is 9.90. The molecule has 0 aliphatic heterocycles. The first-order valence-electron chi connectivity index (χ1n) is 2.13. The minimum atomic E-state index is 0. The van der Waals surface area contributed by atoms with Crippen LogP contribution in [0.4, 0.5) is 0 Å². The molecule has 0 amide bonds. The van der Waals surface area contributed by atoms with Crippen molar-refractivity contribution in [2.45, 2.75) is 12.8 Å². The third-order valence-corrected chi connectivity index (χ3v) is 0.816. The predicted octanol–water partition coefficient (Wildman–Crippen LogP) is -1.42. The molecule has 0 heterocycles. The zero-order valence-electron chi connectivity index (χ0n) is 5.97. The first kappa shape index (κ1) is 11.5. The van der Waals surface area contributed by atoms with Crippen LogP contribution in [0.3, 0.4) is 0 Å². The second kappa shape index (κ2) is 10.7. The van der Waals surface area contributed by atoms with Crippen molar-refractivity contribution in [3.05, 3.63) is 0 Å². The van der Waals surface area contributed by atoms with E-state index in [1.807, 2.05) is 0 Å². The van der Waals surface area contributed by atoms with Crippen LogP contribution in [-0.2, 0) is 0 Å². The molecule has 0 aromatic carbocycles. The molecule has 0 saturated carbocycles. The smallest absolute Gasteiger partial charge is 1.00 e. The molecule has 0 saturated heterocycles. The number of nitrogens with zero attached hydrogens (tertiary/aromatic N) is 1. The van der Waals surface area contributed by atoms with Gasteiger partial charge in [0.25, 0.3) is 0 Å². The number of hydrogen-bond acceptors (Lipinski definition) is 2. The van der Waals surface area contributed by atoms with Crippen LogP contribution < -0.4 is 29.6 Å². The Morgan fingerprint density at radius 2 is 2.38 bits per heavy atom. The van der Waals surface area contributed by atoms with E-state index in [0.29, 0.717) is 5.88 Å². The Kier molecular flexibility index (Phi) is 15.4. The summed E-state index contributed by atoms with van der Waals surface area (Å²) in [4.78, 5) is 0. The number of halogens is 1. The van der Waals surface area contributed by atoms with E-state index in [1.54, 1.807) is 0 Å². The number of oxime groups is 1. The molecule has 0 rings (SSSR count). The summed E-state index contributed by atoms with van der Waals surface area (Å²) < 4.78 is 0. The number of rotatable bonds is 3. The Bertz CT molecular complexity index is 64.5. The van der Waals surface area contributed by atoms with Crippen molar-refractivity contribution in [1.29, 1.82) is 0 Å². The Morgan fingerprint density at radius 3 is 2.75 bits per heavy atom. The first-order valence-corrected chi connectivity index (χ1v) is 2.67. The van der Waals surface area contributed by atoms with Crippen molar-refractivity contribution in [3.63, 3.8) is 0 Å². The molecule has 44 valence electrons. The Morgan fingerprint density at radius 1 is 1.75 bits per heavy atom. The maximum Gasteiger partial charge on any atom is 1.00 e. The van der Waals surface area contributed by atoms with Gasteiger partial charge in [-0.3, -0.25) is 0 Å². The van der Waals surface area contributed by atoms with E-state index in [1.165, 1.54) is 6.21 Å². The van der Waals surface area contributed by atoms with Gasteiger partial charge in [0.15, 0.2) is 0 Å². The maximum atomic E-state index is 7.82. The fourth-order valence-electron chi connectivity index (χ4n) is 0.226. The Balaban J connectivity index is -0.000000180. The van der Waals surface area contributed by atoms with Gasteiger partial charge in [-0.1, -0.05) is 0 Å². The van der Waals surface area contributed by atoms with Crippen molar-refractivity contribution in [2.24, 2.45) is 5.16 Å². The van der Waals surface area contributed by atoms with Crippen LogP contribution in [0.1, 0.15) is 14.3 Å². The molecule has 2 nitrogen and oxygen atoms in total. The van der Waals surface area contributed by atoms with Crippen LogP contribution in [0.5, 0.6) is 0 Å². The van der Waals surface area contributed by atoms with Crippen molar-refractivity contribution in [3.8, 4) is 0 Å². The largest absolute Gasteiger partial charge is 1.00 e. The Labute approximate surface area is 77.7 Å². The third-order valence-electron chi connectivity index (χ3n) is 0.549. The van der Waals surface area contributed by atoms with Crippen molar-refractivity contribution in [1.82, 2.24) is 0 Å². The minimum Gasteiger partial charge on any atom is -1.00 e. The standard InChI is InChI=1S/C4H8ClNO.Na.H/c5-3-1-2-4-6-7;;/h4,7H,1-3H2;;/q;+1;-1. The van der Waals surface area contributed by atoms with E-state index in [9.17, 15) is 0 Å². The molecular formula is C4H9ClNNaO. The van der Waals surface area contributed by atoms with Crippen molar-refractivity contribution < 1.29 is 36.2 Å². The molecule has 0 aliphatic carbocycles. The van der Waals surface area contributed by atoms with Gasteiger partial charge in [-0.25, -0.2) is 0 Å². The molecule has 8 heavy (non-hydrogen) atoms. The first-order chi connectivity index (χ1) is 3.41. The summed E-state index contributed by atoms with van der Waals surface area (Å²) in [5, 5.41) is 10.6. The summed E-state index contributed by atoms with van der Waals surface area (Å²) in [6, 6.07) is 0. The van der Waals surface area contributed by atoms with Gasteiger partial charge in [0.05, 0.1) is 0 Å². The van der Waals surface area contributed by atoms with Gasteiger partial charge in [0.2, 0.25) is 0 Å². The number of alkyl halides is 1. The van der Waals surface area contributed by atoms with Crippen LogP contribution in [0, 0.1) is 0 Å². The molecule has 0 atom stereocenters. The average Bonchev–Trinajstić information content (AvgIpc) is 1.69. The predicted molar refractivity (Wildman–Crippen MR) is 31.3 cm³/mol. The molecule has 0 bridgehead atoms. The van der Waals surface area contributed by atoms with Crippen LogP contribution in [0.15, 0.2) is 5.16 Å². The molecule has 0 aromatic rings. The number of unbranched alkanes of at least 4 members (excludes halogenated alkanes) is 1. The fraction of sp³-hybridized carbons (Fsp3) is 0.750. The summed E-state index contributed by atoms with van der Waals surface area (Å²) in [6.07, 6.45) is 3.08. The van der Waals surface area contributed by atoms with Gasteiger partial charge in [0, 0.05) is 12.1 Å². The average molecular weight is 146 g/mol. The molecule has 0 aliphatic rings. The summed E-state index contributed by atoms with van der Waals surface area (Å²) in [5.74, 6) is 0.631. The zero-order chi connectivity index (χ0) is 5.54. The van der Waals surface area contributed by atoms with Gasteiger partial charge in [-0.05, 0) is 12.8 Å². The van der Waals surface area contributed by atoms with E-state index in [4.69, 9.17) is 16.8 Å². The van der Waals surface area contributed by atoms with Gasteiger partial charge < -0.3 is 6.63 Å². The topological polar surface area (TPSA) is 32.6 Å².